The summed E-state index contributed by atoms with van der Waals surface area (Å²) >= 11 is 5.64. The molecule has 0 bridgehead atoms. The number of hydrogen-bond donors (Lipinski definition) is 0. The Hall–Kier alpha value is -0.760. The molecule has 1 heterocycles. The first-order valence-corrected chi connectivity index (χ1v) is 3.88. The van der Waals surface area contributed by atoms with Gasteiger partial charge in [0, 0.05) is 6.07 Å². The van der Waals surface area contributed by atoms with Gasteiger partial charge in [0.2, 0.25) is 5.88 Å². The van der Waals surface area contributed by atoms with Crippen LogP contribution in [0.4, 0.5) is 0 Å². The van der Waals surface area contributed by atoms with Crippen LogP contribution in [0.5, 0.6) is 5.88 Å². The predicted molar refractivity (Wildman–Crippen MR) is 45.1 cm³/mol. The molecule has 0 saturated carbocycles. The molecule has 0 aliphatic rings. The van der Waals surface area contributed by atoms with Gasteiger partial charge in [0.05, 0.1) is 18.7 Å². The van der Waals surface area contributed by atoms with E-state index in [4.69, 9.17) is 16.3 Å². The van der Waals surface area contributed by atoms with E-state index in [0.717, 1.165) is 11.3 Å². The zero-order valence-corrected chi connectivity index (χ0v) is 7.35. The van der Waals surface area contributed by atoms with Gasteiger partial charge in [-0.15, -0.1) is 11.6 Å². The first-order chi connectivity index (χ1) is 5.27. The number of rotatable bonds is 2. The van der Waals surface area contributed by atoms with Gasteiger partial charge in [-0.25, -0.2) is 4.98 Å². The molecule has 3 heteroatoms. The third kappa shape index (κ3) is 1.84. The van der Waals surface area contributed by atoms with Crippen molar-refractivity contribution in [3.63, 3.8) is 0 Å². The molecule has 2 nitrogen and oxygen atoms in total. The molecule has 0 aromatic carbocycles. The summed E-state index contributed by atoms with van der Waals surface area (Å²) in [5.74, 6) is 1.05. The van der Waals surface area contributed by atoms with E-state index in [9.17, 15) is 0 Å². The van der Waals surface area contributed by atoms with Gasteiger partial charge < -0.3 is 4.74 Å². The number of nitrogens with zero attached hydrogens (tertiary/aromatic N) is 1. The summed E-state index contributed by atoms with van der Waals surface area (Å²) in [5.41, 5.74) is 1.98. The summed E-state index contributed by atoms with van der Waals surface area (Å²) < 4.78 is 4.94. The lowest BCUT2D eigenvalue weighted by Crippen LogP contribution is -1.93. The quantitative estimate of drug-likeness (QED) is 0.637. The lowest BCUT2D eigenvalue weighted by molar-refractivity contribution is 0.396. The van der Waals surface area contributed by atoms with Gasteiger partial charge in [-0.05, 0) is 12.5 Å². The molecule has 11 heavy (non-hydrogen) atoms. The highest BCUT2D eigenvalue weighted by Crippen LogP contribution is 2.13. The Balaban J connectivity index is 3.02. The number of aryl methyl sites for hydroxylation is 1. The highest BCUT2D eigenvalue weighted by atomic mass is 35.5. The second-order valence-corrected chi connectivity index (χ2v) is 2.52. The molecule has 0 fully saturated rings. The topological polar surface area (TPSA) is 22.1 Å². The van der Waals surface area contributed by atoms with Crippen LogP contribution < -0.4 is 4.74 Å². The van der Waals surface area contributed by atoms with Gasteiger partial charge in [0.15, 0.2) is 0 Å². The van der Waals surface area contributed by atoms with E-state index in [2.05, 4.69) is 4.98 Å². The summed E-state index contributed by atoms with van der Waals surface area (Å²) in [6, 6.07) is 3.77. The molecule has 1 rings (SSSR count). The Kier molecular flexibility index (Phi) is 2.71. The molecule has 0 aliphatic heterocycles. The fraction of sp³-hybridized carbons (Fsp3) is 0.375. The average molecular weight is 172 g/mol. The summed E-state index contributed by atoms with van der Waals surface area (Å²) in [6.07, 6.45) is 0. The van der Waals surface area contributed by atoms with Crippen LogP contribution in [0.15, 0.2) is 12.1 Å². The largest absolute Gasteiger partial charge is 0.481 e. The van der Waals surface area contributed by atoms with Gasteiger partial charge in [0.25, 0.3) is 0 Å². The molecule has 1 aromatic heterocycles. The Morgan fingerprint density at radius 2 is 2.27 bits per heavy atom. The van der Waals surface area contributed by atoms with E-state index in [1.165, 1.54) is 0 Å². The second-order valence-electron chi connectivity index (χ2n) is 2.25. The second kappa shape index (κ2) is 3.58. The molecule has 0 amide bonds. The van der Waals surface area contributed by atoms with Crippen molar-refractivity contribution < 1.29 is 4.74 Å². The van der Waals surface area contributed by atoms with Crippen molar-refractivity contribution in [3.05, 3.63) is 23.4 Å². The van der Waals surface area contributed by atoms with Crippen LogP contribution in [-0.4, -0.2) is 12.1 Å². The van der Waals surface area contributed by atoms with E-state index in [-0.39, 0.29) is 0 Å². The standard InChI is InChI=1S/C8H10ClNO/c1-6-3-4-8(11-2)10-7(6)5-9/h3-4H,5H2,1-2H3. The van der Waals surface area contributed by atoms with Crippen LogP contribution in [0, 0.1) is 6.92 Å². The molecule has 0 unspecified atom stereocenters. The van der Waals surface area contributed by atoms with E-state index >= 15 is 0 Å². The highest BCUT2D eigenvalue weighted by molar-refractivity contribution is 6.17. The van der Waals surface area contributed by atoms with E-state index < -0.39 is 0 Å². The van der Waals surface area contributed by atoms with Crippen LogP contribution in [-0.2, 0) is 5.88 Å². The van der Waals surface area contributed by atoms with E-state index in [1.54, 1.807) is 7.11 Å². The van der Waals surface area contributed by atoms with Crippen molar-refractivity contribution in [3.8, 4) is 5.88 Å². The fourth-order valence-electron chi connectivity index (χ4n) is 0.800. The normalized spacial score (nSPS) is 9.73. The number of methoxy groups -OCH3 is 1. The molecule has 0 spiro atoms. The Labute approximate surface area is 71.2 Å². The summed E-state index contributed by atoms with van der Waals surface area (Å²) in [7, 11) is 1.59. The van der Waals surface area contributed by atoms with E-state index in [1.807, 2.05) is 19.1 Å². The first kappa shape index (κ1) is 8.34. The fourth-order valence-corrected chi connectivity index (χ4v) is 1.07. The minimum Gasteiger partial charge on any atom is -0.481 e. The van der Waals surface area contributed by atoms with Crippen molar-refractivity contribution in [1.82, 2.24) is 4.98 Å². The average Bonchev–Trinajstić information content (AvgIpc) is 2.05. The lowest BCUT2D eigenvalue weighted by atomic mass is 10.2. The molecule has 0 atom stereocenters. The van der Waals surface area contributed by atoms with Gasteiger partial charge in [-0.1, -0.05) is 6.07 Å². The monoisotopic (exact) mass is 171 g/mol. The van der Waals surface area contributed by atoms with Crippen LogP contribution in [0.3, 0.4) is 0 Å². The predicted octanol–water partition coefficient (Wildman–Crippen LogP) is 2.14. The summed E-state index contributed by atoms with van der Waals surface area (Å²) in [6.45, 7) is 1.98. The zero-order valence-electron chi connectivity index (χ0n) is 6.60. The third-order valence-electron chi connectivity index (χ3n) is 1.51. The Morgan fingerprint density at radius 3 is 2.82 bits per heavy atom. The smallest absolute Gasteiger partial charge is 0.213 e. The van der Waals surface area contributed by atoms with Crippen LogP contribution in [0.25, 0.3) is 0 Å². The van der Waals surface area contributed by atoms with Crippen molar-refractivity contribution in [2.45, 2.75) is 12.8 Å². The van der Waals surface area contributed by atoms with Crippen LogP contribution in [0.1, 0.15) is 11.3 Å². The van der Waals surface area contributed by atoms with Crippen LogP contribution in [0.2, 0.25) is 0 Å². The maximum Gasteiger partial charge on any atom is 0.213 e. The Bertz CT molecular complexity index is 250. The van der Waals surface area contributed by atoms with Gasteiger partial charge in [-0.2, -0.15) is 0 Å². The van der Waals surface area contributed by atoms with Gasteiger partial charge in [-0.3, -0.25) is 0 Å². The molecule has 0 radical (unpaired) electrons. The third-order valence-corrected chi connectivity index (χ3v) is 1.77. The molecule has 0 aliphatic carbocycles. The molecule has 0 saturated heterocycles. The number of alkyl halides is 1. The number of aromatic nitrogens is 1. The first-order valence-electron chi connectivity index (χ1n) is 3.34. The van der Waals surface area contributed by atoms with Gasteiger partial charge >= 0.3 is 0 Å². The molecular weight excluding hydrogens is 162 g/mol. The number of hydrogen-bond acceptors (Lipinski definition) is 2. The minimum atomic E-state index is 0.434. The molecular formula is C8H10ClNO. The summed E-state index contributed by atoms with van der Waals surface area (Å²) in [5, 5.41) is 0. The summed E-state index contributed by atoms with van der Waals surface area (Å²) in [4.78, 5) is 4.16. The number of halogens is 1. The maximum absolute atomic E-state index is 5.64. The number of ether oxygens (including phenoxy) is 1. The van der Waals surface area contributed by atoms with Crippen LogP contribution >= 0.6 is 11.6 Å². The SMILES string of the molecule is COc1ccc(C)c(CCl)n1. The van der Waals surface area contributed by atoms with E-state index in [0.29, 0.717) is 11.8 Å². The minimum absolute atomic E-state index is 0.434. The van der Waals surface area contributed by atoms with Crippen molar-refractivity contribution in [2.24, 2.45) is 0 Å². The van der Waals surface area contributed by atoms with Crippen molar-refractivity contribution in [1.29, 1.82) is 0 Å². The molecule has 0 N–H and O–H groups in total. The van der Waals surface area contributed by atoms with Crippen molar-refractivity contribution >= 4 is 11.6 Å². The number of pyridine rings is 1. The maximum atomic E-state index is 5.64. The highest BCUT2D eigenvalue weighted by Gasteiger charge is 1.99. The molecule has 1 aromatic rings. The van der Waals surface area contributed by atoms with Gasteiger partial charge in [0.1, 0.15) is 0 Å². The Morgan fingerprint density at radius 1 is 1.55 bits per heavy atom. The molecule has 60 valence electrons. The lowest BCUT2D eigenvalue weighted by Gasteiger charge is -2.02. The van der Waals surface area contributed by atoms with Crippen molar-refractivity contribution in [2.75, 3.05) is 7.11 Å². The zero-order chi connectivity index (χ0) is 8.27.